The van der Waals surface area contributed by atoms with Gasteiger partial charge in [0.05, 0.1) is 6.54 Å². The summed E-state index contributed by atoms with van der Waals surface area (Å²) < 4.78 is 5.55. The van der Waals surface area contributed by atoms with Crippen LogP contribution in [0.15, 0.2) is 29.3 Å². The number of ether oxygens (including phenoxy) is 1. The van der Waals surface area contributed by atoms with E-state index in [1.54, 1.807) is 0 Å². The molecule has 0 spiro atoms. The van der Waals surface area contributed by atoms with E-state index < -0.39 is 6.10 Å². The molecule has 2 rings (SSSR count). The zero-order valence-electron chi connectivity index (χ0n) is 13.3. The zero-order chi connectivity index (χ0) is 15.8. The van der Waals surface area contributed by atoms with Crippen molar-refractivity contribution in [1.29, 1.82) is 0 Å². The maximum absolute atomic E-state index is 9.92. The smallest absolute Gasteiger partial charge is 0.188 e. The predicted molar refractivity (Wildman–Crippen MR) is 89.2 cm³/mol. The number of nitrogens with one attached hydrogen (secondary N) is 1. The van der Waals surface area contributed by atoms with Gasteiger partial charge in [0.15, 0.2) is 5.96 Å². The topological polar surface area (TPSA) is 79.9 Å². The minimum Gasteiger partial charge on any atom is -0.491 e. The minimum absolute atomic E-state index is 0.212. The first-order valence-electron chi connectivity index (χ1n) is 8.07. The second kappa shape index (κ2) is 8.63. The maximum Gasteiger partial charge on any atom is 0.188 e. The highest BCUT2D eigenvalue weighted by molar-refractivity contribution is 5.78. The van der Waals surface area contributed by atoms with E-state index in [1.165, 1.54) is 19.3 Å². The Morgan fingerprint density at radius 3 is 2.91 bits per heavy atom. The van der Waals surface area contributed by atoms with Crippen LogP contribution in [0.5, 0.6) is 5.75 Å². The van der Waals surface area contributed by atoms with Crippen molar-refractivity contribution < 1.29 is 9.84 Å². The van der Waals surface area contributed by atoms with Crippen molar-refractivity contribution in [3.8, 4) is 5.75 Å². The van der Waals surface area contributed by atoms with Gasteiger partial charge >= 0.3 is 0 Å². The minimum atomic E-state index is -0.660. The molecule has 1 aromatic carbocycles. The van der Waals surface area contributed by atoms with Gasteiger partial charge in [-0.15, -0.1) is 0 Å². The molecule has 22 heavy (non-hydrogen) atoms. The number of guanidine groups is 1. The first-order valence-corrected chi connectivity index (χ1v) is 8.07. The molecule has 0 heterocycles. The molecule has 5 nitrogen and oxygen atoms in total. The molecule has 0 saturated heterocycles. The van der Waals surface area contributed by atoms with Crippen molar-refractivity contribution >= 4 is 5.96 Å². The molecule has 1 saturated carbocycles. The van der Waals surface area contributed by atoms with Crippen molar-refractivity contribution in [3.63, 3.8) is 0 Å². The van der Waals surface area contributed by atoms with E-state index in [1.807, 2.05) is 31.2 Å². The van der Waals surface area contributed by atoms with Crippen LogP contribution in [0, 0.1) is 6.92 Å². The summed E-state index contributed by atoms with van der Waals surface area (Å²) in [6.07, 6.45) is 5.44. The van der Waals surface area contributed by atoms with Crippen LogP contribution in [0.25, 0.3) is 0 Å². The van der Waals surface area contributed by atoms with Crippen LogP contribution in [-0.4, -0.2) is 36.4 Å². The SMILES string of the molecule is Cc1cccc(OCC(O)CN=C(N)NC2CCCCC2)c1. The first-order chi connectivity index (χ1) is 10.6. The molecule has 1 aliphatic rings. The Balaban J connectivity index is 1.69. The number of rotatable bonds is 6. The van der Waals surface area contributed by atoms with E-state index in [0.29, 0.717) is 12.0 Å². The molecule has 1 unspecified atom stereocenters. The van der Waals surface area contributed by atoms with Gasteiger partial charge in [-0.1, -0.05) is 31.4 Å². The van der Waals surface area contributed by atoms with Crippen LogP contribution in [0.2, 0.25) is 0 Å². The molecule has 4 N–H and O–H groups in total. The van der Waals surface area contributed by atoms with Gasteiger partial charge in [0.2, 0.25) is 0 Å². The molecular weight excluding hydrogens is 278 g/mol. The Bertz CT molecular complexity index is 485. The van der Waals surface area contributed by atoms with Crippen molar-refractivity contribution in [2.75, 3.05) is 13.2 Å². The number of hydrogen-bond acceptors (Lipinski definition) is 3. The summed E-state index contributed by atoms with van der Waals surface area (Å²) in [7, 11) is 0. The number of nitrogens with zero attached hydrogens (tertiary/aromatic N) is 1. The fourth-order valence-corrected chi connectivity index (χ4v) is 2.66. The molecule has 0 bridgehead atoms. The van der Waals surface area contributed by atoms with Gasteiger partial charge in [0.25, 0.3) is 0 Å². The van der Waals surface area contributed by atoms with Gasteiger partial charge < -0.3 is 20.9 Å². The van der Waals surface area contributed by atoms with Crippen molar-refractivity contribution in [1.82, 2.24) is 5.32 Å². The maximum atomic E-state index is 9.92. The summed E-state index contributed by atoms with van der Waals surface area (Å²) in [5.41, 5.74) is 7.00. The second-order valence-corrected chi connectivity index (χ2v) is 5.99. The molecule has 1 fully saturated rings. The molecule has 0 radical (unpaired) electrons. The average Bonchev–Trinajstić information content (AvgIpc) is 2.52. The van der Waals surface area contributed by atoms with Crippen LogP contribution >= 0.6 is 0 Å². The Kier molecular flexibility index (Phi) is 6.52. The lowest BCUT2D eigenvalue weighted by atomic mass is 9.96. The molecular formula is C17H27N3O2. The number of benzene rings is 1. The molecule has 0 amide bonds. The number of aliphatic imine (C=N–C) groups is 1. The van der Waals surface area contributed by atoms with Crippen LogP contribution in [0.3, 0.4) is 0 Å². The van der Waals surface area contributed by atoms with Gasteiger partial charge in [-0.3, -0.25) is 4.99 Å². The fourth-order valence-electron chi connectivity index (χ4n) is 2.66. The van der Waals surface area contributed by atoms with Crippen LogP contribution in [-0.2, 0) is 0 Å². The molecule has 0 aliphatic heterocycles. The quantitative estimate of drug-likeness (QED) is 0.554. The number of hydrogen-bond donors (Lipinski definition) is 3. The normalized spacial score (nSPS) is 18.0. The van der Waals surface area contributed by atoms with E-state index in [0.717, 1.165) is 24.2 Å². The number of aliphatic hydroxyl groups excluding tert-OH is 1. The standard InChI is InChI=1S/C17H27N3O2/c1-13-6-5-9-16(10-13)22-12-15(21)11-19-17(18)20-14-7-3-2-4-8-14/h5-6,9-10,14-15,21H,2-4,7-8,11-12H2,1H3,(H3,18,19,20). The third kappa shape index (κ3) is 5.93. The summed E-state index contributed by atoms with van der Waals surface area (Å²) in [4.78, 5) is 4.20. The summed E-state index contributed by atoms with van der Waals surface area (Å²) in [6, 6.07) is 8.18. The largest absolute Gasteiger partial charge is 0.491 e. The van der Waals surface area contributed by atoms with Crippen molar-refractivity contribution in [2.24, 2.45) is 10.7 Å². The van der Waals surface area contributed by atoms with Crippen LogP contribution < -0.4 is 15.8 Å². The van der Waals surface area contributed by atoms with Gasteiger partial charge in [-0.25, -0.2) is 0 Å². The summed E-state index contributed by atoms with van der Waals surface area (Å²) >= 11 is 0. The highest BCUT2D eigenvalue weighted by Crippen LogP contribution is 2.17. The van der Waals surface area contributed by atoms with E-state index in [9.17, 15) is 5.11 Å². The molecule has 1 atom stereocenters. The van der Waals surface area contributed by atoms with Crippen LogP contribution in [0.1, 0.15) is 37.7 Å². The highest BCUT2D eigenvalue weighted by Gasteiger charge is 2.13. The summed E-state index contributed by atoms with van der Waals surface area (Å²) in [5, 5.41) is 13.2. The monoisotopic (exact) mass is 305 g/mol. The van der Waals surface area contributed by atoms with Gasteiger partial charge in [-0.2, -0.15) is 0 Å². The predicted octanol–water partition coefficient (Wildman–Crippen LogP) is 1.97. The van der Waals surface area contributed by atoms with Crippen molar-refractivity contribution in [2.45, 2.75) is 51.2 Å². The first kappa shape index (κ1) is 16.6. The lowest BCUT2D eigenvalue weighted by molar-refractivity contribution is 0.114. The van der Waals surface area contributed by atoms with Gasteiger partial charge in [-0.05, 0) is 37.5 Å². The lowest BCUT2D eigenvalue weighted by Crippen LogP contribution is -2.41. The number of aryl methyl sites for hydroxylation is 1. The Morgan fingerprint density at radius 2 is 2.18 bits per heavy atom. The Morgan fingerprint density at radius 1 is 1.41 bits per heavy atom. The average molecular weight is 305 g/mol. The fraction of sp³-hybridized carbons (Fsp3) is 0.588. The highest BCUT2D eigenvalue weighted by atomic mass is 16.5. The summed E-state index contributed by atoms with van der Waals surface area (Å²) in [5.74, 6) is 1.18. The molecule has 1 aromatic rings. The number of nitrogens with two attached hydrogens (primary N) is 1. The molecule has 0 aromatic heterocycles. The third-order valence-electron chi connectivity index (χ3n) is 3.86. The molecule has 122 valence electrons. The molecule has 1 aliphatic carbocycles. The van der Waals surface area contributed by atoms with E-state index in [-0.39, 0.29) is 13.2 Å². The van der Waals surface area contributed by atoms with Gasteiger partial charge in [0, 0.05) is 6.04 Å². The lowest BCUT2D eigenvalue weighted by Gasteiger charge is -2.23. The van der Waals surface area contributed by atoms with Crippen LogP contribution in [0.4, 0.5) is 0 Å². The van der Waals surface area contributed by atoms with Crippen molar-refractivity contribution in [3.05, 3.63) is 29.8 Å². The van der Waals surface area contributed by atoms with E-state index in [4.69, 9.17) is 10.5 Å². The Hall–Kier alpha value is -1.75. The number of aliphatic hydroxyl groups is 1. The summed E-state index contributed by atoms with van der Waals surface area (Å²) in [6.45, 7) is 2.46. The molecule has 5 heteroatoms. The van der Waals surface area contributed by atoms with E-state index >= 15 is 0 Å². The zero-order valence-corrected chi connectivity index (χ0v) is 13.3. The third-order valence-corrected chi connectivity index (χ3v) is 3.86. The van der Waals surface area contributed by atoms with Gasteiger partial charge in [0.1, 0.15) is 18.5 Å². The second-order valence-electron chi connectivity index (χ2n) is 5.99. The Labute approximate surface area is 132 Å². The van der Waals surface area contributed by atoms with E-state index in [2.05, 4.69) is 10.3 Å².